The summed E-state index contributed by atoms with van der Waals surface area (Å²) < 4.78 is 5.09. The molecule has 0 atom stereocenters. The SMILES string of the molecule is COCc1ccc(CNCCc2cccnc2)cc1. The number of rotatable bonds is 7. The summed E-state index contributed by atoms with van der Waals surface area (Å²) in [5.74, 6) is 0. The van der Waals surface area contributed by atoms with Crippen LogP contribution in [0.3, 0.4) is 0 Å². The standard InChI is InChI=1S/C16H20N2O/c1-19-13-16-6-4-15(5-7-16)12-18-10-8-14-3-2-9-17-11-14/h2-7,9,11,18H,8,10,12-13H2,1H3. The van der Waals surface area contributed by atoms with E-state index in [9.17, 15) is 0 Å². The molecule has 19 heavy (non-hydrogen) atoms. The molecule has 0 fully saturated rings. The Morgan fingerprint density at radius 1 is 1.05 bits per heavy atom. The minimum Gasteiger partial charge on any atom is -0.380 e. The highest BCUT2D eigenvalue weighted by atomic mass is 16.5. The smallest absolute Gasteiger partial charge is 0.0713 e. The van der Waals surface area contributed by atoms with Gasteiger partial charge in [0.1, 0.15) is 0 Å². The van der Waals surface area contributed by atoms with Crippen molar-refractivity contribution in [3.05, 3.63) is 65.5 Å². The highest BCUT2D eigenvalue weighted by Gasteiger charge is 1.96. The van der Waals surface area contributed by atoms with Crippen LogP contribution in [0.1, 0.15) is 16.7 Å². The third kappa shape index (κ3) is 4.81. The van der Waals surface area contributed by atoms with Crippen LogP contribution < -0.4 is 5.32 Å². The van der Waals surface area contributed by atoms with Crippen LogP contribution in [0.4, 0.5) is 0 Å². The Morgan fingerprint density at radius 3 is 2.53 bits per heavy atom. The lowest BCUT2D eigenvalue weighted by molar-refractivity contribution is 0.185. The molecule has 2 rings (SSSR count). The van der Waals surface area contributed by atoms with E-state index in [1.165, 1.54) is 16.7 Å². The summed E-state index contributed by atoms with van der Waals surface area (Å²) in [5.41, 5.74) is 3.78. The van der Waals surface area contributed by atoms with Gasteiger partial charge in [-0.2, -0.15) is 0 Å². The second-order valence-electron chi connectivity index (χ2n) is 4.54. The van der Waals surface area contributed by atoms with E-state index in [4.69, 9.17) is 4.74 Å². The van der Waals surface area contributed by atoms with Crippen molar-refractivity contribution in [3.8, 4) is 0 Å². The zero-order valence-corrected chi connectivity index (χ0v) is 11.3. The monoisotopic (exact) mass is 256 g/mol. The predicted octanol–water partition coefficient (Wildman–Crippen LogP) is 2.56. The Labute approximate surface area is 114 Å². The molecule has 0 spiro atoms. The van der Waals surface area contributed by atoms with E-state index in [1.54, 1.807) is 13.3 Å². The van der Waals surface area contributed by atoms with Crippen molar-refractivity contribution in [3.63, 3.8) is 0 Å². The minimum absolute atomic E-state index is 0.675. The van der Waals surface area contributed by atoms with Crippen molar-refractivity contribution in [2.45, 2.75) is 19.6 Å². The van der Waals surface area contributed by atoms with Crippen molar-refractivity contribution in [2.24, 2.45) is 0 Å². The van der Waals surface area contributed by atoms with Crippen LogP contribution in [0, 0.1) is 0 Å². The lowest BCUT2D eigenvalue weighted by Crippen LogP contribution is -2.16. The summed E-state index contributed by atoms with van der Waals surface area (Å²) in [4.78, 5) is 4.11. The van der Waals surface area contributed by atoms with Crippen molar-refractivity contribution in [1.29, 1.82) is 0 Å². The molecule has 1 heterocycles. The summed E-state index contributed by atoms with van der Waals surface area (Å²) >= 11 is 0. The summed E-state index contributed by atoms with van der Waals surface area (Å²) in [7, 11) is 1.72. The number of pyridine rings is 1. The highest BCUT2D eigenvalue weighted by molar-refractivity contribution is 5.22. The maximum atomic E-state index is 5.09. The molecule has 1 aromatic heterocycles. The zero-order valence-electron chi connectivity index (χ0n) is 11.3. The van der Waals surface area contributed by atoms with Crippen LogP contribution in [-0.2, 0) is 24.3 Å². The van der Waals surface area contributed by atoms with Gasteiger partial charge in [-0.3, -0.25) is 4.98 Å². The van der Waals surface area contributed by atoms with Crippen LogP contribution in [0.25, 0.3) is 0 Å². The minimum atomic E-state index is 0.675. The molecule has 0 aliphatic heterocycles. The van der Waals surface area contributed by atoms with E-state index in [-0.39, 0.29) is 0 Å². The van der Waals surface area contributed by atoms with Gasteiger partial charge in [-0.05, 0) is 35.7 Å². The number of ether oxygens (including phenoxy) is 1. The number of aromatic nitrogens is 1. The van der Waals surface area contributed by atoms with E-state index in [2.05, 4.69) is 40.6 Å². The van der Waals surface area contributed by atoms with Crippen molar-refractivity contribution >= 4 is 0 Å². The van der Waals surface area contributed by atoms with Crippen LogP contribution in [0.2, 0.25) is 0 Å². The molecule has 2 aromatic rings. The van der Waals surface area contributed by atoms with Crippen LogP contribution in [0.15, 0.2) is 48.8 Å². The number of hydrogen-bond donors (Lipinski definition) is 1. The largest absolute Gasteiger partial charge is 0.380 e. The number of methoxy groups -OCH3 is 1. The Balaban J connectivity index is 1.70. The first-order valence-electron chi connectivity index (χ1n) is 6.55. The van der Waals surface area contributed by atoms with Crippen molar-refractivity contribution in [1.82, 2.24) is 10.3 Å². The van der Waals surface area contributed by atoms with E-state index >= 15 is 0 Å². The van der Waals surface area contributed by atoms with Gasteiger partial charge in [-0.25, -0.2) is 0 Å². The van der Waals surface area contributed by atoms with Gasteiger partial charge in [0.15, 0.2) is 0 Å². The number of benzene rings is 1. The first kappa shape index (κ1) is 13.7. The fourth-order valence-electron chi connectivity index (χ4n) is 1.93. The van der Waals surface area contributed by atoms with Gasteiger partial charge < -0.3 is 10.1 Å². The number of nitrogens with zero attached hydrogens (tertiary/aromatic N) is 1. The van der Waals surface area contributed by atoms with Gasteiger partial charge in [0.25, 0.3) is 0 Å². The van der Waals surface area contributed by atoms with Gasteiger partial charge in [0, 0.05) is 26.0 Å². The topological polar surface area (TPSA) is 34.1 Å². The lowest BCUT2D eigenvalue weighted by Gasteiger charge is -2.06. The summed E-state index contributed by atoms with van der Waals surface area (Å²) in [6.07, 6.45) is 4.73. The summed E-state index contributed by atoms with van der Waals surface area (Å²) in [6, 6.07) is 12.6. The lowest BCUT2D eigenvalue weighted by atomic mass is 10.1. The Morgan fingerprint density at radius 2 is 1.84 bits per heavy atom. The Kier molecular flexibility index (Phi) is 5.53. The maximum absolute atomic E-state index is 5.09. The third-order valence-electron chi connectivity index (χ3n) is 2.98. The van der Waals surface area contributed by atoms with Crippen molar-refractivity contribution in [2.75, 3.05) is 13.7 Å². The van der Waals surface area contributed by atoms with E-state index in [1.807, 2.05) is 12.3 Å². The second-order valence-corrected chi connectivity index (χ2v) is 4.54. The summed E-state index contributed by atoms with van der Waals surface area (Å²) in [6.45, 7) is 2.54. The first-order chi connectivity index (χ1) is 9.38. The molecular weight excluding hydrogens is 236 g/mol. The highest BCUT2D eigenvalue weighted by Crippen LogP contribution is 2.05. The molecule has 0 saturated heterocycles. The fraction of sp³-hybridized carbons (Fsp3) is 0.312. The predicted molar refractivity (Wildman–Crippen MR) is 76.8 cm³/mol. The quantitative estimate of drug-likeness (QED) is 0.773. The van der Waals surface area contributed by atoms with Gasteiger partial charge in [0.2, 0.25) is 0 Å². The molecule has 0 aliphatic carbocycles. The third-order valence-corrected chi connectivity index (χ3v) is 2.98. The van der Waals surface area contributed by atoms with Gasteiger partial charge in [0.05, 0.1) is 6.61 Å². The molecule has 100 valence electrons. The molecule has 3 nitrogen and oxygen atoms in total. The normalized spacial score (nSPS) is 10.6. The average molecular weight is 256 g/mol. The number of nitrogens with one attached hydrogen (secondary N) is 1. The molecule has 0 saturated carbocycles. The molecule has 0 aliphatic rings. The zero-order chi connectivity index (χ0) is 13.3. The summed E-state index contributed by atoms with van der Waals surface area (Å²) in [5, 5.41) is 3.44. The molecule has 1 aromatic carbocycles. The molecule has 1 N–H and O–H groups in total. The van der Waals surface area contributed by atoms with Gasteiger partial charge in [-0.15, -0.1) is 0 Å². The first-order valence-corrected chi connectivity index (χ1v) is 6.55. The Hall–Kier alpha value is -1.71. The average Bonchev–Trinajstić information content (AvgIpc) is 2.47. The van der Waals surface area contributed by atoms with Gasteiger partial charge >= 0.3 is 0 Å². The molecule has 0 radical (unpaired) electrons. The second kappa shape index (κ2) is 7.67. The van der Waals surface area contributed by atoms with E-state index in [0.29, 0.717) is 6.61 Å². The van der Waals surface area contributed by atoms with E-state index < -0.39 is 0 Å². The molecule has 0 unspecified atom stereocenters. The van der Waals surface area contributed by atoms with Crippen LogP contribution >= 0.6 is 0 Å². The molecule has 0 bridgehead atoms. The fourth-order valence-corrected chi connectivity index (χ4v) is 1.93. The number of hydrogen-bond acceptors (Lipinski definition) is 3. The Bertz CT molecular complexity index is 468. The molecule has 3 heteroatoms. The maximum Gasteiger partial charge on any atom is 0.0713 e. The van der Waals surface area contributed by atoms with Gasteiger partial charge in [-0.1, -0.05) is 30.3 Å². The molecule has 0 amide bonds. The van der Waals surface area contributed by atoms with E-state index in [0.717, 1.165) is 19.5 Å². The van der Waals surface area contributed by atoms with Crippen molar-refractivity contribution < 1.29 is 4.74 Å². The van der Waals surface area contributed by atoms with Crippen LogP contribution in [0.5, 0.6) is 0 Å². The molecular formula is C16H20N2O. The van der Waals surface area contributed by atoms with Crippen LogP contribution in [-0.4, -0.2) is 18.6 Å².